The van der Waals surface area contributed by atoms with Crippen molar-refractivity contribution in [3.63, 3.8) is 0 Å². The Kier molecular flexibility index (Phi) is 1.85. The molecule has 1 atom stereocenters. The van der Waals surface area contributed by atoms with Gasteiger partial charge < -0.3 is 14.2 Å². The number of epoxide rings is 1. The van der Waals surface area contributed by atoms with Crippen LogP contribution >= 0.6 is 0 Å². The second kappa shape index (κ2) is 2.69. The van der Waals surface area contributed by atoms with E-state index in [9.17, 15) is 4.79 Å². The van der Waals surface area contributed by atoms with Gasteiger partial charge in [0.15, 0.2) is 11.2 Å². The maximum absolute atomic E-state index is 11.6. The topological polar surface area (TPSA) is 48.1 Å². The van der Waals surface area contributed by atoms with Crippen molar-refractivity contribution >= 4 is 5.97 Å². The van der Waals surface area contributed by atoms with Gasteiger partial charge in [0.1, 0.15) is 0 Å². The van der Waals surface area contributed by atoms with E-state index in [1.807, 2.05) is 6.92 Å². The number of carbonyl (C=O) groups is 1. The fourth-order valence-corrected chi connectivity index (χ4v) is 1.90. The second-order valence-electron chi connectivity index (χ2n) is 3.49. The summed E-state index contributed by atoms with van der Waals surface area (Å²) < 4.78 is 15.5. The molecule has 2 rings (SSSR count). The van der Waals surface area contributed by atoms with E-state index in [1.54, 1.807) is 6.92 Å². The van der Waals surface area contributed by atoms with Gasteiger partial charge in [0.05, 0.1) is 19.8 Å². The molecule has 2 aliphatic heterocycles. The lowest BCUT2D eigenvalue weighted by Crippen LogP contribution is -2.48. The Morgan fingerprint density at radius 1 is 1.46 bits per heavy atom. The summed E-state index contributed by atoms with van der Waals surface area (Å²) in [6.45, 7) is 5.19. The van der Waals surface area contributed by atoms with Gasteiger partial charge in [0, 0.05) is 0 Å². The lowest BCUT2D eigenvalue weighted by Gasteiger charge is -2.25. The Hall–Kier alpha value is -0.610. The van der Waals surface area contributed by atoms with Crippen molar-refractivity contribution in [1.29, 1.82) is 0 Å². The summed E-state index contributed by atoms with van der Waals surface area (Å²) in [5.74, 6) is -0.235. The average molecular weight is 186 g/mol. The third-order valence-corrected chi connectivity index (χ3v) is 2.84. The van der Waals surface area contributed by atoms with Gasteiger partial charge in [-0.25, -0.2) is 4.79 Å². The highest BCUT2D eigenvalue weighted by Gasteiger charge is 2.78. The molecular formula is C9H14O4. The third kappa shape index (κ3) is 0.957. The number of esters is 1. The number of rotatable bonds is 3. The quantitative estimate of drug-likeness (QED) is 0.475. The fourth-order valence-electron chi connectivity index (χ4n) is 1.90. The number of carbonyl (C=O) groups excluding carboxylic acids is 1. The van der Waals surface area contributed by atoms with E-state index in [4.69, 9.17) is 14.2 Å². The highest BCUT2D eigenvalue weighted by atomic mass is 16.7. The number of hydrogen-bond acceptors (Lipinski definition) is 4. The van der Waals surface area contributed by atoms with Gasteiger partial charge >= 0.3 is 5.97 Å². The summed E-state index contributed by atoms with van der Waals surface area (Å²) >= 11 is 0. The van der Waals surface area contributed by atoms with E-state index in [1.165, 1.54) is 0 Å². The van der Waals surface area contributed by atoms with Crippen LogP contribution < -0.4 is 0 Å². The van der Waals surface area contributed by atoms with Crippen molar-refractivity contribution in [1.82, 2.24) is 0 Å². The molecule has 0 amide bonds. The van der Waals surface area contributed by atoms with Gasteiger partial charge in [-0.15, -0.1) is 0 Å². The zero-order chi connectivity index (χ0) is 9.53. The second-order valence-corrected chi connectivity index (χ2v) is 3.49. The summed E-state index contributed by atoms with van der Waals surface area (Å²) in [4.78, 5) is 11.6. The fraction of sp³-hybridized carbons (Fsp3) is 0.889. The van der Waals surface area contributed by atoms with Crippen LogP contribution in [0.4, 0.5) is 0 Å². The molecule has 0 aliphatic carbocycles. The van der Waals surface area contributed by atoms with E-state index >= 15 is 0 Å². The third-order valence-electron chi connectivity index (χ3n) is 2.84. The first-order valence-corrected chi connectivity index (χ1v) is 4.66. The van der Waals surface area contributed by atoms with E-state index < -0.39 is 5.60 Å². The van der Waals surface area contributed by atoms with Gasteiger partial charge in [-0.1, -0.05) is 6.92 Å². The summed E-state index contributed by atoms with van der Waals surface area (Å²) in [5, 5.41) is 0. The van der Waals surface area contributed by atoms with Crippen molar-refractivity contribution in [2.75, 3.05) is 19.8 Å². The number of hydrogen-bond donors (Lipinski definition) is 0. The van der Waals surface area contributed by atoms with Gasteiger partial charge in [-0.05, 0) is 13.3 Å². The lowest BCUT2D eigenvalue weighted by atomic mass is 9.89. The Labute approximate surface area is 77.1 Å². The molecule has 0 aromatic rings. The Balaban J connectivity index is 2.06. The van der Waals surface area contributed by atoms with E-state index in [2.05, 4.69) is 0 Å². The van der Waals surface area contributed by atoms with Crippen LogP contribution in [0, 0.1) is 0 Å². The zero-order valence-electron chi connectivity index (χ0n) is 7.96. The van der Waals surface area contributed by atoms with Crippen LogP contribution in [0.15, 0.2) is 0 Å². The molecule has 1 unspecified atom stereocenters. The Morgan fingerprint density at radius 3 is 2.46 bits per heavy atom. The van der Waals surface area contributed by atoms with Gasteiger partial charge in [0.25, 0.3) is 0 Å². The van der Waals surface area contributed by atoms with Crippen LogP contribution in [-0.4, -0.2) is 37.0 Å². The molecule has 0 aromatic carbocycles. The molecule has 0 radical (unpaired) electrons. The van der Waals surface area contributed by atoms with Gasteiger partial charge in [0.2, 0.25) is 0 Å². The highest BCUT2D eigenvalue weighted by molar-refractivity contribution is 5.85. The van der Waals surface area contributed by atoms with E-state index in [-0.39, 0.29) is 11.6 Å². The molecular weight excluding hydrogens is 172 g/mol. The summed E-state index contributed by atoms with van der Waals surface area (Å²) in [6.07, 6.45) is 0.662. The predicted molar refractivity (Wildman–Crippen MR) is 44.3 cm³/mol. The molecule has 0 saturated carbocycles. The standard InChI is InChI=1S/C9H14O4/c1-3-9(7(10)12-4-2)8(13-9)5-11-6-8/h3-6H2,1-2H3. The normalized spacial score (nSPS) is 34.0. The molecule has 4 heteroatoms. The van der Waals surface area contributed by atoms with Crippen LogP contribution in [-0.2, 0) is 19.0 Å². The maximum Gasteiger partial charge on any atom is 0.341 e. The van der Waals surface area contributed by atoms with Crippen molar-refractivity contribution in [3.8, 4) is 0 Å². The molecule has 2 saturated heterocycles. The van der Waals surface area contributed by atoms with Crippen molar-refractivity contribution < 1.29 is 19.0 Å². The van der Waals surface area contributed by atoms with Crippen molar-refractivity contribution in [2.45, 2.75) is 31.5 Å². The molecule has 0 N–H and O–H groups in total. The van der Waals surface area contributed by atoms with Crippen LogP contribution in [0.1, 0.15) is 20.3 Å². The zero-order valence-corrected chi connectivity index (χ0v) is 7.96. The summed E-state index contributed by atoms with van der Waals surface area (Å²) in [5.41, 5.74) is -1.03. The number of ether oxygens (including phenoxy) is 3. The van der Waals surface area contributed by atoms with Crippen LogP contribution in [0.2, 0.25) is 0 Å². The minimum Gasteiger partial charge on any atom is -0.464 e. The van der Waals surface area contributed by atoms with Crippen LogP contribution in [0.25, 0.3) is 0 Å². The van der Waals surface area contributed by atoms with Crippen LogP contribution in [0.5, 0.6) is 0 Å². The van der Waals surface area contributed by atoms with Crippen molar-refractivity contribution in [3.05, 3.63) is 0 Å². The maximum atomic E-state index is 11.6. The average Bonchev–Trinajstić information content (AvgIpc) is 2.75. The summed E-state index contributed by atoms with van der Waals surface area (Å²) in [7, 11) is 0. The molecule has 2 aliphatic rings. The first-order chi connectivity index (χ1) is 6.21. The smallest absolute Gasteiger partial charge is 0.341 e. The first kappa shape index (κ1) is 8.97. The monoisotopic (exact) mass is 186 g/mol. The predicted octanol–water partition coefficient (Wildman–Crippen LogP) is 0.497. The largest absolute Gasteiger partial charge is 0.464 e. The molecule has 4 nitrogen and oxygen atoms in total. The highest BCUT2D eigenvalue weighted by Crippen LogP contribution is 2.55. The van der Waals surface area contributed by atoms with E-state index in [0.717, 1.165) is 0 Å². The van der Waals surface area contributed by atoms with Crippen molar-refractivity contribution in [2.24, 2.45) is 0 Å². The van der Waals surface area contributed by atoms with Crippen LogP contribution in [0.3, 0.4) is 0 Å². The lowest BCUT2D eigenvalue weighted by molar-refractivity contribution is -0.150. The molecule has 1 spiro atoms. The van der Waals surface area contributed by atoms with E-state index in [0.29, 0.717) is 26.2 Å². The molecule has 74 valence electrons. The SMILES string of the molecule is CCOC(=O)C1(CC)OC12COC2. The Bertz CT molecular complexity index is 234. The van der Waals surface area contributed by atoms with Gasteiger partial charge in [-0.3, -0.25) is 0 Å². The molecule has 0 aromatic heterocycles. The Morgan fingerprint density at radius 2 is 2.15 bits per heavy atom. The molecule has 2 fully saturated rings. The molecule has 2 heterocycles. The van der Waals surface area contributed by atoms with Gasteiger partial charge in [-0.2, -0.15) is 0 Å². The molecule has 0 bridgehead atoms. The minimum atomic E-state index is -0.693. The first-order valence-electron chi connectivity index (χ1n) is 4.66. The minimum absolute atomic E-state index is 0.235. The molecule has 13 heavy (non-hydrogen) atoms. The summed E-state index contributed by atoms with van der Waals surface area (Å²) in [6, 6.07) is 0.